The van der Waals surface area contributed by atoms with Crippen molar-refractivity contribution >= 4 is 17.5 Å². The number of amides is 2. The molecule has 2 N–H and O–H groups in total. The Morgan fingerprint density at radius 2 is 1.81 bits per heavy atom. The summed E-state index contributed by atoms with van der Waals surface area (Å²) >= 11 is 0. The van der Waals surface area contributed by atoms with Crippen LogP contribution in [0.2, 0.25) is 0 Å². The molecule has 1 saturated heterocycles. The minimum Gasteiger partial charge on any atom is -0.351 e. The lowest BCUT2D eigenvalue weighted by Crippen LogP contribution is -2.45. The van der Waals surface area contributed by atoms with Crippen molar-refractivity contribution in [3.8, 4) is 0 Å². The second-order valence-corrected chi connectivity index (χ2v) is 6.80. The predicted molar refractivity (Wildman–Crippen MR) is 102 cm³/mol. The molecule has 0 unspecified atom stereocenters. The number of nitrogens with one attached hydrogen (secondary N) is 2. The number of hydrogen-bond acceptors (Lipinski definition) is 3. The average molecular weight is 369 g/mol. The van der Waals surface area contributed by atoms with Gasteiger partial charge in [-0.05, 0) is 37.6 Å². The van der Waals surface area contributed by atoms with Crippen molar-refractivity contribution in [3.63, 3.8) is 0 Å². The van der Waals surface area contributed by atoms with Crippen LogP contribution in [-0.2, 0) is 16.1 Å². The third-order valence-electron chi connectivity index (χ3n) is 4.72. The molecule has 1 aliphatic rings. The summed E-state index contributed by atoms with van der Waals surface area (Å²) in [5.41, 5.74) is 1.24. The molecule has 0 aliphatic carbocycles. The lowest BCUT2D eigenvalue weighted by atomic mass is 9.97. The molecule has 0 radical (unpaired) electrons. The van der Waals surface area contributed by atoms with Crippen molar-refractivity contribution < 1.29 is 14.0 Å². The maximum absolute atomic E-state index is 13.6. The third kappa shape index (κ3) is 5.62. The van der Waals surface area contributed by atoms with Gasteiger partial charge in [0.1, 0.15) is 5.82 Å². The van der Waals surface area contributed by atoms with E-state index in [-0.39, 0.29) is 36.6 Å². The largest absolute Gasteiger partial charge is 0.351 e. The van der Waals surface area contributed by atoms with Crippen LogP contribution in [0.5, 0.6) is 0 Å². The van der Waals surface area contributed by atoms with Gasteiger partial charge in [-0.25, -0.2) is 4.39 Å². The molecular formula is C21H24FN3O2. The number of piperidine rings is 1. The molecule has 1 aliphatic heterocycles. The summed E-state index contributed by atoms with van der Waals surface area (Å²) in [6, 6.07) is 15.8. The lowest BCUT2D eigenvalue weighted by Gasteiger charge is -2.31. The second-order valence-electron chi connectivity index (χ2n) is 6.80. The molecule has 1 fully saturated rings. The Labute approximate surface area is 158 Å². The van der Waals surface area contributed by atoms with E-state index in [1.54, 1.807) is 18.2 Å². The molecule has 2 aromatic rings. The number of benzene rings is 2. The van der Waals surface area contributed by atoms with Gasteiger partial charge in [0, 0.05) is 24.3 Å². The molecule has 1 heterocycles. The zero-order valence-electron chi connectivity index (χ0n) is 15.2. The molecule has 142 valence electrons. The molecule has 0 aromatic heterocycles. The van der Waals surface area contributed by atoms with Gasteiger partial charge in [0.05, 0.1) is 12.5 Å². The summed E-state index contributed by atoms with van der Waals surface area (Å²) in [4.78, 5) is 26.6. The van der Waals surface area contributed by atoms with E-state index >= 15 is 0 Å². The van der Waals surface area contributed by atoms with Gasteiger partial charge < -0.3 is 10.6 Å². The van der Waals surface area contributed by atoms with Crippen molar-refractivity contribution in [1.82, 2.24) is 10.2 Å². The fraction of sp³-hybridized carbons (Fsp3) is 0.333. The molecule has 0 spiro atoms. The Balaban J connectivity index is 1.47. The summed E-state index contributed by atoms with van der Waals surface area (Å²) in [6.45, 7) is 1.70. The van der Waals surface area contributed by atoms with Crippen molar-refractivity contribution in [1.29, 1.82) is 0 Å². The molecule has 2 aromatic carbocycles. The van der Waals surface area contributed by atoms with Crippen molar-refractivity contribution in [2.75, 3.05) is 25.0 Å². The first-order chi connectivity index (χ1) is 13.1. The SMILES string of the molecule is O=C(CN1CCC[C@@H](C(=O)Nc2ccccc2)C1)NCc1ccccc1F. The quantitative estimate of drug-likeness (QED) is 0.823. The van der Waals surface area contributed by atoms with Gasteiger partial charge in [0.15, 0.2) is 0 Å². The molecule has 27 heavy (non-hydrogen) atoms. The number of anilines is 1. The van der Waals surface area contributed by atoms with Gasteiger partial charge in [-0.3, -0.25) is 14.5 Å². The summed E-state index contributed by atoms with van der Waals surface area (Å²) in [6.07, 6.45) is 1.68. The number of para-hydroxylation sites is 1. The number of rotatable bonds is 6. The first-order valence-electron chi connectivity index (χ1n) is 9.20. The van der Waals surface area contributed by atoms with Crippen LogP contribution >= 0.6 is 0 Å². The first-order valence-corrected chi connectivity index (χ1v) is 9.20. The van der Waals surface area contributed by atoms with Gasteiger partial charge in [0.25, 0.3) is 0 Å². The molecule has 2 amide bonds. The van der Waals surface area contributed by atoms with Crippen LogP contribution in [0.4, 0.5) is 10.1 Å². The van der Waals surface area contributed by atoms with Crippen molar-refractivity contribution in [3.05, 3.63) is 66.0 Å². The molecule has 0 saturated carbocycles. The molecule has 5 nitrogen and oxygen atoms in total. The van der Waals surface area contributed by atoms with Crippen LogP contribution in [0.3, 0.4) is 0 Å². The third-order valence-corrected chi connectivity index (χ3v) is 4.72. The zero-order valence-corrected chi connectivity index (χ0v) is 15.2. The monoisotopic (exact) mass is 369 g/mol. The van der Waals surface area contributed by atoms with Crippen LogP contribution in [-0.4, -0.2) is 36.3 Å². The highest BCUT2D eigenvalue weighted by molar-refractivity contribution is 5.92. The van der Waals surface area contributed by atoms with E-state index in [1.807, 2.05) is 35.2 Å². The number of hydrogen-bond donors (Lipinski definition) is 2. The fourth-order valence-corrected chi connectivity index (χ4v) is 3.27. The predicted octanol–water partition coefficient (Wildman–Crippen LogP) is 2.79. The Bertz CT molecular complexity index is 782. The van der Waals surface area contributed by atoms with Gasteiger partial charge in [-0.1, -0.05) is 36.4 Å². The van der Waals surface area contributed by atoms with Gasteiger partial charge >= 0.3 is 0 Å². The van der Waals surface area contributed by atoms with Crippen molar-refractivity contribution in [2.24, 2.45) is 5.92 Å². The van der Waals surface area contributed by atoms with E-state index in [0.717, 1.165) is 25.1 Å². The zero-order chi connectivity index (χ0) is 19.1. The van der Waals surface area contributed by atoms with Gasteiger partial charge in [-0.15, -0.1) is 0 Å². The molecular weight excluding hydrogens is 345 g/mol. The van der Waals surface area contributed by atoms with Crippen LogP contribution < -0.4 is 10.6 Å². The lowest BCUT2D eigenvalue weighted by molar-refractivity contribution is -0.125. The average Bonchev–Trinajstić information content (AvgIpc) is 2.68. The van der Waals surface area contributed by atoms with Crippen LogP contribution in [0.1, 0.15) is 18.4 Å². The number of carbonyl (C=O) groups is 2. The number of likely N-dealkylation sites (tertiary alicyclic amines) is 1. The smallest absolute Gasteiger partial charge is 0.234 e. The second kappa shape index (κ2) is 9.28. The highest BCUT2D eigenvalue weighted by Crippen LogP contribution is 2.18. The first kappa shape index (κ1) is 19.0. The van der Waals surface area contributed by atoms with E-state index in [1.165, 1.54) is 6.07 Å². The standard InChI is InChI=1S/C21H24FN3O2/c22-19-11-5-4-7-16(19)13-23-20(26)15-25-12-6-8-17(14-25)21(27)24-18-9-2-1-3-10-18/h1-5,7,9-11,17H,6,8,12-15H2,(H,23,26)(H,24,27)/t17-/m1/s1. The highest BCUT2D eigenvalue weighted by atomic mass is 19.1. The van der Waals surface area contributed by atoms with Crippen LogP contribution in [0.25, 0.3) is 0 Å². The van der Waals surface area contributed by atoms with Crippen LogP contribution in [0.15, 0.2) is 54.6 Å². The highest BCUT2D eigenvalue weighted by Gasteiger charge is 2.26. The summed E-state index contributed by atoms with van der Waals surface area (Å²) in [5.74, 6) is -0.647. The topological polar surface area (TPSA) is 61.4 Å². The van der Waals surface area contributed by atoms with Crippen LogP contribution in [0, 0.1) is 11.7 Å². The molecule has 1 atom stereocenters. The van der Waals surface area contributed by atoms with E-state index in [4.69, 9.17) is 0 Å². The molecule has 3 rings (SSSR count). The Morgan fingerprint density at radius 3 is 2.59 bits per heavy atom. The normalized spacial score (nSPS) is 17.3. The summed E-state index contributed by atoms with van der Waals surface area (Å²) < 4.78 is 13.6. The van der Waals surface area contributed by atoms with E-state index in [9.17, 15) is 14.0 Å². The maximum atomic E-state index is 13.6. The van der Waals surface area contributed by atoms with Gasteiger partial charge in [0.2, 0.25) is 11.8 Å². The van der Waals surface area contributed by atoms with Crippen molar-refractivity contribution in [2.45, 2.75) is 19.4 Å². The number of nitrogens with zero attached hydrogens (tertiary/aromatic N) is 1. The minimum absolute atomic E-state index is 0.0161. The van der Waals surface area contributed by atoms with Gasteiger partial charge in [-0.2, -0.15) is 0 Å². The number of carbonyl (C=O) groups excluding carboxylic acids is 2. The Hall–Kier alpha value is -2.73. The Morgan fingerprint density at radius 1 is 1.07 bits per heavy atom. The Kier molecular flexibility index (Phi) is 6.54. The van der Waals surface area contributed by atoms with E-state index in [0.29, 0.717) is 12.1 Å². The van der Waals surface area contributed by atoms with E-state index in [2.05, 4.69) is 10.6 Å². The summed E-state index contributed by atoms with van der Waals surface area (Å²) in [5, 5.41) is 5.68. The maximum Gasteiger partial charge on any atom is 0.234 e. The fourth-order valence-electron chi connectivity index (χ4n) is 3.27. The molecule has 6 heteroatoms. The number of halogens is 1. The minimum atomic E-state index is -0.326. The summed E-state index contributed by atoms with van der Waals surface area (Å²) in [7, 11) is 0. The molecule has 0 bridgehead atoms. The van der Waals surface area contributed by atoms with E-state index < -0.39 is 0 Å².